The fourth-order valence-corrected chi connectivity index (χ4v) is 2.79. The number of unbranched alkanes of at least 4 members (excludes halogenated alkanes) is 11. The first-order chi connectivity index (χ1) is 10.6. The van der Waals surface area contributed by atoms with Gasteiger partial charge in [-0.1, -0.05) is 84.0 Å². The number of hydrogen-bond donors (Lipinski definition) is 4. The van der Waals surface area contributed by atoms with Gasteiger partial charge in [-0.3, -0.25) is 0 Å². The van der Waals surface area contributed by atoms with E-state index in [9.17, 15) is 10.2 Å². The normalized spacial score (nSPS) is 15.7. The first kappa shape index (κ1) is 21.8. The van der Waals surface area contributed by atoms with E-state index in [1.165, 1.54) is 64.2 Å². The van der Waals surface area contributed by atoms with Crippen LogP contribution in [0.15, 0.2) is 0 Å². The van der Waals surface area contributed by atoms with Gasteiger partial charge in [0.05, 0.1) is 12.2 Å². The van der Waals surface area contributed by atoms with Gasteiger partial charge in [-0.2, -0.15) is 0 Å². The second kappa shape index (κ2) is 15.7. The monoisotopic (exact) mass is 316 g/mol. The average Bonchev–Trinajstić information content (AvgIpc) is 2.54. The predicted molar refractivity (Wildman–Crippen MR) is 94.7 cm³/mol. The van der Waals surface area contributed by atoms with E-state index in [2.05, 4.69) is 6.92 Å². The Labute approximate surface area is 137 Å². The van der Waals surface area contributed by atoms with Crippen LogP contribution in [0.4, 0.5) is 0 Å². The topological polar surface area (TPSA) is 92.5 Å². The molecule has 4 heteroatoms. The molecule has 0 fully saturated rings. The standard InChI is InChI=1S/C18H40N2O2/c1-2-3-4-5-6-7-8-9-10-11-12-13-14-17(21)18(22)16(20)15-19/h16-18,21-22H,2-15,19-20H2,1H3/t16-,17-,18-/m0/s1. The van der Waals surface area contributed by atoms with Crippen LogP contribution < -0.4 is 11.5 Å². The SMILES string of the molecule is CCCCCCCCCCCCCC[C@H](O)[C@@H](O)[C@@H](N)CN. The molecule has 4 nitrogen and oxygen atoms in total. The summed E-state index contributed by atoms with van der Waals surface area (Å²) < 4.78 is 0. The summed E-state index contributed by atoms with van der Waals surface area (Å²) in [5.74, 6) is 0. The van der Waals surface area contributed by atoms with Crippen molar-refractivity contribution in [2.75, 3.05) is 6.54 Å². The number of aliphatic hydroxyl groups excluding tert-OH is 2. The smallest absolute Gasteiger partial charge is 0.0961 e. The molecule has 6 N–H and O–H groups in total. The Morgan fingerprint density at radius 1 is 0.727 bits per heavy atom. The molecule has 0 aliphatic rings. The fourth-order valence-electron chi connectivity index (χ4n) is 2.79. The second-order valence-corrected chi connectivity index (χ2v) is 6.64. The highest BCUT2D eigenvalue weighted by atomic mass is 16.3. The highest BCUT2D eigenvalue weighted by molar-refractivity contribution is 4.79. The summed E-state index contributed by atoms with van der Waals surface area (Å²) in [6.45, 7) is 2.46. The van der Waals surface area contributed by atoms with Crippen LogP contribution >= 0.6 is 0 Å². The zero-order valence-corrected chi connectivity index (χ0v) is 14.7. The Morgan fingerprint density at radius 3 is 1.55 bits per heavy atom. The molecule has 22 heavy (non-hydrogen) atoms. The summed E-state index contributed by atoms with van der Waals surface area (Å²) in [5, 5.41) is 19.5. The quantitative estimate of drug-likeness (QED) is 0.329. The molecule has 134 valence electrons. The van der Waals surface area contributed by atoms with Crippen molar-refractivity contribution in [1.29, 1.82) is 0 Å². The van der Waals surface area contributed by atoms with Crippen molar-refractivity contribution in [3.05, 3.63) is 0 Å². The molecule has 0 aliphatic heterocycles. The Hall–Kier alpha value is -0.160. The Bertz CT molecular complexity index is 227. The molecule has 0 saturated carbocycles. The predicted octanol–water partition coefficient (Wildman–Crippen LogP) is 3.09. The molecule has 0 aromatic rings. The molecule has 0 radical (unpaired) electrons. The van der Waals surface area contributed by atoms with Gasteiger partial charge in [0.25, 0.3) is 0 Å². The van der Waals surface area contributed by atoms with Crippen molar-refractivity contribution in [3.8, 4) is 0 Å². The van der Waals surface area contributed by atoms with Gasteiger partial charge in [0, 0.05) is 12.6 Å². The van der Waals surface area contributed by atoms with Gasteiger partial charge in [-0.15, -0.1) is 0 Å². The van der Waals surface area contributed by atoms with Crippen LogP contribution in [-0.4, -0.2) is 35.0 Å². The molecule has 0 saturated heterocycles. The lowest BCUT2D eigenvalue weighted by Crippen LogP contribution is -2.47. The van der Waals surface area contributed by atoms with Gasteiger partial charge >= 0.3 is 0 Å². The third-order valence-electron chi connectivity index (χ3n) is 4.46. The maximum Gasteiger partial charge on any atom is 0.0961 e. The van der Waals surface area contributed by atoms with E-state index >= 15 is 0 Å². The van der Waals surface area contributed by atoms with Crippen LogP contribution in [0.1, 0.15) is 90.4 Å². The molecule has 0 heterocycles. The molecule has 0 spiro atoms. The number of nitrogens with two attached hydrogens (primary N) is 2. The number of aliphatic hydroxyl groups is 2. The van der Waals surface area contributed by atoms with Gasteiger partial charge in [-0.25, -0.2) is 0 Å². The van der Waals surface area contributed by atoms with Crippen LogP contribution in [0, 0.1) is 0 Å². The minimum absolute atomic E-state index is 0.205. The molecule has 0 amide bonds. The van der Waals surface area contributed by atoms with E-state index in [1.807, 2.05) is 0 Å². The van der Waals surface area contributed by atoms with Gasteiger partial charge in [0.1, 0.15) is 0 Å². The molecular formula is C18H40N2O2. The lowest BCUT2D eigenvalue weighted by molar-refractivity contribution is 0.0000425. The highest BCUT2D eigenvalue weighted by Crippen LogP contribution is 2.14. The van der Waals surface area contributed by atoms with E-state index in [0.717, 1.165) is 12.8 Å². The second-order valence-electron chi connectivity index (χ2n) is 6.64. The molecule has 3 atom stereocenters. The van der Waals surface area contributed by atoms with Gasteiger partial charge in [0.2, 0.25) is 0 Å². The summed E-state index contributed by atoms with van der Waals surface area (Å²) in [5.41, 5.74) is 11.0. The molecule has 0 aromatic heterocycles. The molecule has 0 aromatic carbocycles. The lowest BCUT2D eigenvalue weighted by Gasteiger charge is -2.22. The Morgan fingerprint density at radius 2 is 1.14 bits per heavy atom. The van der Waals surface area contributed by atoms with Gasteiger partial charge < -0.3 is 21.7 Å². The third-order valence-corrected chi connectivity index (χ3v) is 4.46. The van der Waals surface area contributed by atoms with Crippen LogP contribution in [0.2, 0.25) is 0 Å². The summed E-state index contributed by atoms with van der Waals surface area (Å²) in [7, 11) is 0. The summed E-state index contributed by atoms with van der Waals surface area (Å²) in [4.78, 5) is 0. The molecular weight excluding hydrogens is 276 g/mol. The van der Waals surface area contributed by atoms with Crippen LogP contribution in [0.3, 0.4) is 0 Å². The van der Waals surface area contributed by atoms with Crippen molar-refractivity contribution < 1.29 is 10.2 Å². The summed E-state index contributed by atoms with van der Waals surface area (Å²) >= 11 is 0. The third kappa shape index (κ3) is 12.4. The van der Waals surface area contributed by atoms with Crippen molar-refractivity contribution in [1.82, 2.24) is 0 Å². The maximum absolute atomic E-state index is 9.80. The molecule has 0 unspecified atom stereocenters. The number of hydrogen-bond acceptors (Lipinski definition) is 4. The minimum Gasteiger partial charge on any atom is -0.390 e. The Balaban J connectivity index is 3.26. The summed E-state index contributed by atoms with van der Waals surface area (Å²) in [6.07, 6.45) is 14.6. The van der Waals surface area contributed by atoms with E-state index in [1.54, 1.807) is 0 Å². The van der Waals surface area contributed by atoms with Crippen molar-refractivity contribution in [2.45, 2.75) is 109 Å². The largest absolute Gasteiger partial charge is 0.390 e. The van der Waals surface area contributed by atoms with E-state index < -0.39 is 18.2 Å². The zero-order chi connectivity index (χ0) is 16.6. The minimum atomic E-state index is -0.891. The van der Waals surface area contributed by atoms with E-state index in [4.69, 9.17) is 11.5 Å². The van der Waals surface area contributed by atoms with Crippen molar-refractivity contribution in [3.63, 3.8) is 0 Å². The Kier molecular flexibility index (Phi) is 15.6. The van der Waals surface area contributed by atoms with E-state index in [0.29, 0.717) is 6.42 Å². The van der Waals surface area contributed by atoms with Crippen molar-refractivity contribution in [2.24, 2.45) is 11.5 Å². The first-order valence-corrected chi connectivity index (χ1v) is 9.45. The number of rotatable bonds is 16. The van der Waals surface area contributed by atoms with E-state index in [-0.39, 0.29) is 6.54 Å². The molecule has 0 rings (SSSR count). The fraction of sp³-hybridized carbons (Fsp3) is 1.00. The average molecular weight is 317 g/mol. The summed E-state index contributed by atoms with van der Waals surface area (Å²) in [6, 6.07) is -0.521. The zero-order valence-electron chi connectivity index (χ0n) is 14.7. The maximum atomic E-state index is 9.80. The van der Waals surface area contributed by atoms with Crippen LogP contribution in [0.5, 0.6) is 0 Å². The lowest BCUT2D eigenvalue weighted by atomic mass is 9.99. The van der Waals surface area contributed by atoms with Crippen molar-refractivity contribution >= 4 is 0 Å². The highest BCUT2D eigenvalue weighted by Gasteiger charge is 2.21. The first-order valence-electron chi connectivity index (χ1n) is 9.45. The molecule has 0 bridgehead atoms. The van der Waals surface area contributed by atoms with Gasteiger partial charge in [-0.05, 0) is 6.42 Å². The molecule has 0 aliphatic carbocycles. The van der Waals surface area contributed by atoms with Crippen LogP contribution in [-0.2, 0) is 0 Å². The van der Waals surface area contributed by atoms with Gasteiger partial charge in [0.15, 0.2) is 0 Å². The van der Waals surface area contributed by atoms with Crippen LogP contribution in [0.25, 0.3) is 0 Å².